The average Bonchev–Trinajstić information content (AvgIpc) is 3.04. The second kappa shape index (κ2) is 9.31. The van der Waals surface area contributed by atoms with Gasteiger partial charge in [-0.1, -0.05) is 42.5 Å². The number of likely N-dealkylation sites (tertiary alicyclic amines) is 1. The normalized spacial score (nSPS) is 21.9. The number of nitrogens with two attached hydrogens (primary N) is 1. The third-order valence-electron chi connectivity index (χ3n) is 5.28. The number of carbonyl (C=O) groups excluding carboxylic acids is 1. The first kappa shape index (κ1) is 21.4. The van der Waals surface area contributed by atoms with E-state index in [4.69, 9.17) is 5.73 Å². The number of benzene rings is 2. The number of hydrogen-bond donors (Lipinski definition) is 2. The molecule has 27 heavy (non-hydrogen) atoms. The largest absolute Gasteiger partial charge is 0.348 e. The molecule has 1 aliphatic rings. The van der Waals surface area contributed by atoms with E-state index >= 15 is 0 Å². The molecule has 0 aliphatic carbocycles. The summed E-state index contributed by atoms with van der Waals surface area (Å²) >= 11 is 0. The Balaban J connectivity index is 0.00000261. The minimum atomic E-state index is -0.279. The van der Waals surface area contributed by atoms with Gasteiger partial charge in [-0.25, -0.2) is 4.39 Å². The predicted molar refractivity (Wildman–Crippen MR) is 108 cm³/mol. The molecule has 1 saturated heterocycles. The molecule has 2 aromatic rings. The van der Waals surface area contributed by atoms with E-state index in [1.54, 1.807) is 12.1 Å². The highest BCUT2D eigenvalue weighted by Crippen LogP contribution is 2.27. The molecular weight excluding hydrogens is 365 g/mol. The van der Waals surface area contributed by atoms with Gasteiger partial charge in [-0.2, -0.15) is 0 Å². The molecule has 0 radical (unpaired) electrons. The Morgan fingerprint density at radius 3 is 2.37 bits per heavy atom. The van der Waals surface area contributed by atoms with E-state index < -0.39 is 0 Å². The van der Waals surface area contributed by atoms with Gasteiger partial charge in [0.15, 0.2) is 0 Å². The van der Waals surface area contributed by atoms with Crippen molar-refractivity contribution < 1.29 is 9.18 Å². The molecule has 3 rings (SSSR count). The van der Waals surface area contributed by atoms with E-state index in [9.17, 15) is 9.18 Å². The SMILES string of the molecule is CC(NC(=O)C(C)N1C[C@@H](N)[C@H](c2ccccc2)C1)c1ccc(F)cc1.Cl. The van der Waals surface area contributed by atoms with Gasteiger partial charge in [-0.15, -0.1) is 12.4 Å². The number of hydrogen-bond acceptors (Lipinski definition) is 3. The van der Waals surface area contributed by atoms with Crippen molar-refractivity contribution >= 4 is 18.3 Å². The molecule has 146 valence electrons. The lowest BCUT2D eigenvalue weighted by Crippen LogP contribution is -2.45. The first-order valence-corrected chi connectivity index (χ1v) is 9.06. The Morgan fingerprint density at radius 1 is 1.11 bits per heavy atom. The van der Waals surface area contributed by atoms with Crippen molar-refractivity contribution in [3.63, 3.8) is 0 Å². The zero-order valence-corrected chi connectivity index (χ0v) is 16.5. The third kappa shape index (κ3) is 5.06. The molecular formula is C21H27ClFN3O. The molecule has 0 aromatic heterocycles. The maximum absolute atomic E-state index is 13.1. The van der Waals surface area contributed by atoms with Gasteiger partial charge in [-0.05, 0) is 37.1 Å². The van der Waals surface area contributed by atoms with Crippen LogP contribution in [0.15, 0.2) is 54.6 Å². The van der Waals surface area contributed by atoms with Crippen LogP contribution in [0.25, 0.3) is 0 Å². The van der Waals surface area contributed by atoms with Crippen LogP contribution in [0.2, 0.25) is 0 Å². The molecule has 0 spiro atoms. The predicted octanol–water partition coefficient (Wildman–Crippen LogP) is 3.24. The quantitative estimate of drug-likeness (QED) is 0.822. The van der Waals surface area contributed by atoms with Crippen LogP contribution < -0.4 is 11.1 Å². The summed E-state index contributed by atoms with van der Waals surface area (Å²) in [7, 11) is 0. The number of nitrogens with zero attached hydrogens (tertiary/aromatic N) is 1. The van der Waals surface area contributed by atoms with Crippen molar-refractivity contribution in [1.29, 1.82) is 0 Å². The smallest absolute Gasteiger partial charge is 0.237 e. The van der Waals surface area contributed by atoms with Crippen LogP contribution in [-0.4, -0.2) is 36.0 Å². The monoisotopic (exact) mass is 391 g/mol. The second-order valence-electron chi connectivity index (χ2n) is 7.09. The van der Waals surface area contributed by atoms with Crippen molar-refractivity contribution in [2.24, 2.45) is 5.73 Å². The van der Waals surface area contributed by atoms with Gasteiger partial charge in [0.1, 0.15) is 5.82 Å². The molecule has 2 unspecified atom stereocenters. The maximum Gasteiger partial charge on any atom is 0.237 e. The Labute approximate surface area is 166 Å². The summed E-state index contributed by atoms with van der Waals surface area (Å²) in [6.07, 6.45) is 0. The van der Waals surface area contributed by atoms with Crippen LogP contribution in [-0.2, 0) is 4.79 Å². The van der Waals surface area contributed by atoms with E-state index in [2.05, 4.69) is 22.3 Å². The van der Waals surface area contributed by atoms with E-state index in [-0.39, 0.29) is 48.2 Å². The van der Waals surface area contributed by atoms with Crippen molar-refractivity contribution in [1.82, 2.24) is 10.2 Å². The molecule has 0 saturated carbocycles. The summed E-state index contributed by atoms with van der Waals surface area (Å²) in [6.45, 7) is 5.27. The highest BCUT2D eigenvalue weighted by molar-refractivity contribution is 5.85. The molecule has 2 aromatic carbocycles. The molecule has 1 amide bonds. The second-order valence-corrected chi connectivity index (χ2v) is 7.09. The molecule has 6 heteroatoms. The van der Waals surface area contributed by atoms with E-state index in [1.165, 1.54) is 17.7 Å². The van der Waals surface area contributed by atoms with Crippen molar-refractivity contribution in [2.45, 2.75) is 37.9 Å². The van der Waals surface area contributed by atoms with Gasteiger partial charge in [-0.3, -0.25) is 9.69 Å². The van der Waals surface area contributed by atoms with E-state index in [1.807, 2.05) is 32.0 Å². The summed E-state index contributed by atoms with van der Waals surface area (Å²) < 4.78 is 13.1. The van der Waals surface area contributed by atoms with Crippen LogP contribution in [0.5, 0.6) is 0 Å². The van der Waals surface area contributed by atoms with Crippen LogP contribution in [0, 0.1) is 5.82 Å². The van der Waals surface area contributed by atoms with Crippen LogP contribution in [0.1, 0.15) is 36.9 Å². The maximum atomic E-state index is 13.1. The fourth-order valence-electron chi connectivity index (χ4n) is 3.56. The summed E-state index contributed by atoms with van der Waals surface area (Å²) in [5.74, 6) is -0.0811. The highest BCUT2D eigenvalue weighted by Gasteiger charge is 2.35. The minimum Gasteiger partial charge on any atom is -0.348 e. The zero-order valence-electron chi connectivity index (χ0n) is 15.6. The summed E-state index contributed by atoms with van der Waals surface area (Å²) in [5.41, 5.74) is 8.44. The molecule has 1 heterocycles. The van der Waals surface area contributed by atoms with Gasteiger partial charge < -0.3 is 11.1 Å². The van der Waals surface area contributed by atoms with Gasteiger partial charge in [0, 0.05) is 25.0 Å². The lowest BCUT2D eigenvalue weighted by atomic mass is 9.95. The van der Waals surface area contributed by atoms with Crippen molar-refractivity contribution in [3.8, 4) is 0 Å². The van der Waals surface area contributed by atoms with E-state index in [0.717, 1.165) is 12.1 Å². The van der Waals surface area contributed by atoms with Crippen molar-refractivity contribution in [3.05, 3.63) is 71.5 Å². The first-order chi connectivity index (χ1) is 12.5. The topological polar surface area (TPSA) is 58.4 Å². The third-order valence-corrected chi connectivity index (χ3v) is 5.28. The fraction of sp³-hybridized carbons (Fsp3) is 0.381. The van der Waals surface area contributed by atoms with E-state index in [0.29, 0.717) is 6.54 Å². The Bertz CT molecular complexity index is 741. The van der Waals surface area contributed by atoms with Crippen LogP contribution in [0.3, 0.4) is 0 Å². The Kier molecular flexibility index (Phi) is 7.36. The lowest BCUT2D eigenvalue weighted by Gasteiger charge is -2.25. The molecule has 1 aliphatic heterocycles. The molecule has 0 bridgehead atoms. The summed E-state index contributed by atoms with van der Waals surface area (Å²) in [6, 6.07) is 16.0. The summed E-state index contributed by atoms with van der Waals surface area (Å²) in [4.78, 5) is 14.8. The minimum absolute atomic E-state index is 0. The standard InChI is InChI=1S/C21H26FN3O.ClH/c1-14(16-8-10-18(22)11-9-16)24-21(26)15(2)25-12-19(20(23)13-25)17-6-4-3-5-7-17;/h3-11,14-15,19-20H,12-13,23H2,1-2H3,(H,24,26);1H/t14?,15?,19-,20+;/m0./s1. The van der Waals surface area contributed by atoms with Crippen LogP contribution in [0.4, 0.5) is 4.39 Å². The van der Waals surface area contributed by atoms with Gasteiger partial charge in [0.2, 0.25) is 5.91 Å². The molecule has 1 fully saturated rings. The molecule has 4 atom stereocenters. The number of halogens is 2. The van der Waals surface area contributed by atoms with Crippen molar-refractivity contribution in [2.75, 3.05) is 13.1 Å². The highest BCUT2D eigenvalue weighted by atomic mass is 35.5. The van der Waals surface area contributed by atoms with Gasteiger partial charge >= 0.3 is 0 Å². The molecule has 3 N–H and O–H groups in total. The van der Waals surface area contributed by atoms with Crippen LogP contribution >= 0.6 is 12.4 Å². The van der Waals surface area contributed by atoms with Gasteiger partial charge in [0.25, 0.3) is 0 Å². The lowest BCUT2D eigenvalue weighted by molar-refractivity contribution is -0.126. The Hall–Kier alpha value is -1.95. The first-order valence-electron chi connectivity index (χ1n) is 9.06. The fourth-order valence-corrected chi connectivity index (χ4v) is 3.56. The number of carbonyl (C=O) groups is 1. The zero-order chi connectivity index (χ0) is 18.7. The average molecular weight is 392 g/mol. The van der Waals surface area contributed by atoms with Gasteiger partial charge in [0.05, 0.1) is 12.1 Å². The number of amides is 1. The summed E-state index contributed by atoms with van der Waals surface area (Å²) in [5, 5.41) is 3.02. The molecule has 4 nitrogen and oxygen atoms in total. The Morgan fingerprint density at radius 2 is 1.74 bits per heavy atom. The number of rotatable bonds is 5. The number of nitrogens with one attached hydrogen (secondary N) is 1.